The molecule has 1 aliphatic rings. The number of carboxylic acid groups (broad SMARTS) is 1. The third-order valence-electron chi connectivity index (χ3n) is 2.19. The second-order valence-corrected chi connectivity index (χ2v) is 3.60. The van der Waals surface area contributed by atoms with Crippen LogP contribution in [0, 0.1) is 11.8 Å². The van der Waals surface area contributed by atoms with Crippen molar-refractivity contribution < 1.29 is 9.90 Å². The zero-order valence-corrected chi connectivity index (χ0v) is 7.08. The van der Waals surface area contributed by atoms with E-state index in [0.29, 0.717) is 12.5 Å². The number of rotatable bonds is 1. The van der Waals surface area contributed by atoms with Gasteiger partial charge in [0.05, 0.1) is 5.92 Å². The highest BCUT2D eigenvalue weighted by Crippen LogP contribution is 2.20. The van der Waals surface area contributed by atoms with E-state index in [1.54, 1.807) is 0 Å². The van der Waals surface area contributed by atoms with Crippen LogP contribution in [0.2, 0.25) is 0 Å². The van der Waals surface area contributed by atoms with Gasteiger partial charge in [0, 0.05) is 13.1 Å². The van der Waals surface area contributed by atoms with E-state index in [4.69, 9.17) is 5.11 Å². The zero-order valence-electron chi connectivity index (χ0n) is 7.08. The van der Waals surface area contributed by atoms with Gasteiger partial charge < -0.3 is 10.0 Å². The smallest absolute Gasteiger partial charge is 0.307 e. The molecule has 1 N–H and O–H groups in total. The van der Waals surface area contributed by atoms with Gasteiger partial charge in [-0.3, -0.25) is 4.79 Å². The molecule has 0 aromatic rings. The van der Waals surface area contributed by atoms with Crippen LogP contribution in [0.3, 0.4) is 0 Å². The van der Waals surface area contributed by atoms with E-state index in [2.05, 4.69) is 11.8 Å². The molecule has 2 atom stereocenters. The highest BCUT2D eigenvalue weighted by molar-refractivity contribution is 5.70. The Balaban J connectivity index is 2.49. The van der Waals surface area contributed by atoms with Crippen LogP contribution in [0.25, 0.3) is 0 Å². The standard InChI is InChI=1S/C8H15NO2/c1-6-3-7(8(10)11)5-9(2)4-6/h6-7H,3-5H2,1-2H3,(H,10,11). The average molecular weight is 157 g/mol. The largest absolute Gasteiger partial charge is 0.481 e. The second-order valence-electron chi connectivity index (χ2n) is 3.60. The Morgan fingerprint density at radius 1 is 1.55 bits per heavy atom. The van der Waals surface area contributed by atoms with E-state index in [0.717, 1.165) is 13.0 Å². The summed E-state index contributed by atoms with van der Waals surface area (Å²) in [7, 11) is 1.98. The predicted octanol–water partition coefficient (Wildman–Crippen LogP) is 0.659. The lowest BCUT2D eigenvalue weighted by atomic mass is 9.91. The molecule has 1 fully saturated rings. The van der Waals surface area contributed by atoms with Gasteiger partial charge in [-0.25, -0.2) is 0 Å². The Morgan fingerprint density at radius 3 is 2.64 bits per heavy atom. The molecule has 3 nitrogen and oxygen atoms in total. The van der Waals surface area contributed by atoms with Gasteiger partial charge in [0.15, 0.2) is 0 Å². The minimum Gasteiger partial charge on any atom is -0.481 e. The summed E-state index contributed by atoms with van der Waals surface area (Å²) in [6.07, 6.45) is 0.833. The van der Waals surface area contributed by atoms with Crippen LogP contribution in [0.1, 0.15) is 13.3 Å². The maximum absolute atomic E-state index is 10.6. The van der Waals surface area contributed by atoms with Gasteiger partial charge in [-0.2, -0.15) is 0 Å². The van der Waals surface area contributed by atoms with Crippen molar-refractivity contribution >= 4 is 5.97 Å². The molecule has 11 heavy (non-hydrogen) atoms. The second kappa shape index (κ2) is 3.22. The molecular weight excluding hydrogens is 142 g/mol. The van der Waals surface area contributed by atoms with Gasteiger partial charge in [0.25, 0.3) is 0 Å². The molecule has 3 heteroatoms. The number of likely N-dealkylation sites (tertiary alicyclic amines) is 1. The summed E-state index contributed by atoms with van der Waals surface area (Å²) >= 11 is 0. The number of piperidine rings is 1. The van der Waals surface area contributed by atoms with Gasteiger partial charge >= 0.3 is 5.97 Å². The molecule has 0 spiro atoms. The van der Waals surface area contributed by atoms with Crippen molar-refractivity contribution in [2.75, 3.05) is 20.1 Å². The molecule has 64 valence electrons. The highest BCUT2D eigenvalue weighted by atomic mass is 16.4. The molecule has 0 aromatic heterocycles. The summed E-state index contributed by atoms with van der Waals surface area (Å²) in [5.74, 6) is -0.276. The van der Waals surface area contributed by atoms with Gasteiger partial charge in [-0.1, -0.05) is 6.92 Å². The number of carbonyl (C=O) groups is 1. The third kappa shape index (κ3) is 2.19. The van der Waals surface area contributed by atoms with E-state index in [-0.39, 0.29) is 5.92 Å². The third-order valence-corrected chi connectivity index (χ3v) is 2.19. The average Bonchev–Trinajstić information content (AvgIpc) is 1.85. The molecule has 1 saturated heterocycles. The number of carboxylic acids is 1. The quantitative estimate of drug-likeness (QED) is 0.608. The van der Waals surface area contributed by atoms with Crippen molar-refractivity contribution in [3.8, 4) is 0 Å². The fourth-order valence-corrected chi connectivity index (χ4v) is 1.80. The molecule has 0 aromatic carbocycles. The number of nitrogens with zero attached hydrogens (tertiary/aromatic N) is 1. The van der Waals surface area contributed by atoms with Crippen molar-refractivity contribution in [1.29, 1.82) is 0 Å². The SMILES string of the molecule is CC1CC(C(=O)O)CN(C)C1. The van der Waals surface area contributed by atoms with Crippen LogP contribution < -0.4 is 0 Å². The zero-order chi connectivity index (χ0) is 8.43. The fourth-order valence-electron chi connectivity index (χ4n) is 1.80. The molecule has 0 aliphatic carbocycles. The minimum absolute atomic E-state index is 0.149. The Hall–Kier alpha value is -0.570. The molecule has 2 unspecified atom stereocenters. The summed E-state index contributed by atoms with van der Waals surface area (Å²) in [6, 6.07) is 0. The number of aliphatic carboxylic acids is 1. The number of hydrogen-bond acceptors (Lipinski definition) is 2. The van der Waals surface area contributed by atoms with E-state index in [9.17, 15) is 4.79 Å². The Labute approximate surface area is 67.0 Å². The molecule has 0 saturated carbocycles. The first-order chi connectivity index (χ1) is 5.09. The molecule has 0 amide bonds. The Morgan fingerprint density at radius 2 is 2.18 bits per heavy atom. The van der Waals surface area contributed by atoms with Gasteiger partial charge in [-0.15, -0.1) is 0 Å². The van der Waals surface area contributed by atoms with E-state index in [1.807, 2.05) is 7.05 Å². The van der Waals surface area contributed by atoms with E-state index < -0.39 is 5.97 Å². The molecule has 0 bridgehead atoms. The molecule has 1 rings (SSSR count). The lowest BCUT2D eigenvalue weighted by Gasteiger charge is -2.31. The monoisotopic (exact) mass is 157 g/mol. The van der Waals surface area contributed by atoms with Gasteiger partial charge in [-0.05, 0) is 19.4 Å². The first-order valence-corrected chi connectivity index (χ1v) is 4.01. The molecule has 1 heterocycles. The van der Waals surface area contributed by atoms with Crippen LogP contribution in [0.5, 0.6) is 0 Å². The minimum atomic E-state index is -0.650. The van der Waals surface area contributed by atoms with E-state index in [1.165, 1.54) is 0 Å². The van der Waals surface area contributed by atoms with Crippen molar-refractivity contribution in [1.82, 2.24) is 4.90 Å². The van der Waals surface area contributed by atoms with Crippen LogP contribution in [-0.4, -0.2) is 36.1 Å². The highest BCUT2D eigenvalue weighted by Gasteiger charge is 2.27. The first kappa shape index (κ1) is 8.53. The predicted molar refractivity (Wildman–Crippen MR) is 42.4 cm³/mol. The normalized spacial score (nSPS) is 33.6. The summed E-state index contributed by atoms with van der Waals surface area (Å²) in [5.41, 5.74) is 0. The first-order valence-electron chi connectivity index (χ1n) is 4.01. The lowest BCUT2D eigenvalue weighted by Crippen LogP contribution is -2.39. The Kier molecular flexibility index (Phi) is 2.49. The van der Waals surface area contributed by atoms with Gasteiger partial charge in [0.2, 0.25) is 0 Å². The fraction of sp³-hybridized carbons (Fsp3) is 0.875. The Bertz CT molecular complexity index is 148. The maximum atomic E-state index is 10.6. The van der Waals surface area contributed by atoms with Crippen molar-refractivity contribution in [2.24, 2.45) is 11.8 Å². The van der Waals surface area contributed by atoms with E-state index >= 15 is 0 Å². The number of hydrogen-bond donors (Lipinski definition) is 1. The summed E-state index contributed by atoms with van der Waals surface area (Å²) < 4.78 is 0. The maximum Gasteiger partial charge on any atom is 0.307 e. The van der Waals surface area contributed by atoms with Crippen LogP contribution in [-0.2, 0) is 4.79 Å². The van der Waals surface area contributed by atoms with Crippen molar-refractivity contribution in [2.45, 2.75) is 13.3 Å². The topological polar surface area (TPSA) is 40.5 Å². The molecule has 1 aliphatic heterocycles. The molecule has 0 radical (unpaired) electrons. The molecular formula is C8H15NO2. The summed E-state index contributed by atoms with van der Waals surface area (Å²) in [5, 5.41) is 8.75. The lowest BCUT2D eigenvalue weighted by molar-refractivity contribution is -0.144. The van der Waals surface area contributed by atoms with Crippen LogP contribution >= 0.6 is 0 Å². The van der Waals surface area contributed by atoms with Crippen molar-refractivity contribution in [3.63, 3.8) is 0 Å². The summed E-state index contributed by atoms with van der Waals surface area (Å²) in [4.78, 5) is 12.7. The van der Waals surface area contributed by atoms with Gasteiger partial charge in [0.1, 0.15) is 0 Å². The van der Waals surface area contributed by atoms with Crippen molar-refractivity contribution in [3.05, 3.63) is 0 Å². The van der Waals surface area contributed by atoms with Crippen LogP contribution in [0.15, 0.2) is 0 Å². The van der Waals surface area contributed by atoms with Crippen LogP contribution in [0.4, 0.5) is 0 Å². The summed E-state index contributed by atoms with van der Waals surface area (Å²) in [6.45, 7) is 3.84.